The minimum Gasteiger partial charge on any atom is -0.422 e. The predicted octanol–water partition coefficient (Wildman–Crippen LogP) is 5.88. The van der Waals surface area contributed by atoms with Crippen LogP contribution in [0, 0.1) is 10.1 Å². The highest BCUT2D eigenvalue weighted by atomic mass is 19.4. The summed E-state index contributed by atoms with van der Waals surface area (Å²) in [4.78, 5) is 21.9. The number of carbonyl (C=O) groups excluding carboxylic acids is 1. The van der Waals surface area contributed by atoms with Gasteiger partial charge in [0.2, 0.25) is 5.75 Å². The van der Waals surface area contributed by atoms with Crippen LogP contribution in [0.2, 0.25) is 0 Å². The second kappa shape index (κ2) is 8.86. The number of halogens is 10. The summed E-state index contributed by atoms with van der Waals surface area (Å²) in [6, 6.07) is 3.73. The van der Waals surface area contributed by atoms with Crippen LogP contribution in [-0.4, -0.2) is 35.5 Å². The number of nitro benzene ring substituents is 1. The SMILES string of the molecule is O=C(Oc1c(OC(F)(F)C(F)(F)F)cccc1OC(F)(F)C(F)(F)F)c1ccc([N+](=O)[O-])cc1. The average Bonchev–Trinajstić information content (AvgIpc) is 2.68. The standard InChI is InChI=1S/C17H7F10NO6/c18-14(19,20)16(24,25)33-10-2-1-3-11(34-17(26,27)15(21,22)23)12(10)32-13(29)8-4-6-9(7-5-8)28(30)31/h1-7H. The zero-order chi connectivity index (χ0) is 26.1. The van der Waals surface area contributed by atoms with E-state index in [1.54, 1.807) is 0 Å². The first-order valence-electron chi connectivity index (χ1n) is 8.22. The van der Waals surface area contributed by atoms with E-state index in [9.17, 15) is 58.8 Å². The summed E-state index contributed by atoms with van der Waals surface area (Å²) in [5.41, 5.74) is -1.20. The summed E-state index contributed by atoms with van der Waals surface area (Å²) < 4.78 is 139. The van der Waals surface area contributed by atoms with Gasteiger partial charge in [0, 0.05) is 12.1 Å². The largest absolute Gasteiger partial charge is 0.499 e. The van der Waals surface area contributed by atoms with Crippen LogP contribution in [0.3, 0.4) is 0 Å². The van der Waals surface area contributed by atoms with E-state index < -0.39 is 64.0 Å². The zero-order valence-electron chi connectivity index (χ0n) is 15.7. The third-order valence-electron chi connectivity index (χ3n) is 3.59. The Labute approximate surface area is 180 Å². The molecule has 0 unspecified atom stereocenters. The van der Waals surface area contributed by atoms with Gasteiger partial charge in [0.25, 0.3) is 5.69 Å². The lowest BCUT2D eigenvalue weighted by Crippen LogP contribution is -2.42. The summed E-state index contributed by atoms with van der Waals surface area (Å²) in [6.07, 6.45) is -24.8. The minimum atomic E-state index is -6.38. The summed E-state index contributed by atoms with van der Waals surface area (Å²) in [5, 5.41) is 10.6. The van der Waals surface area contributed by atoms with Crippen molar-refractivity contribution >= 4 is 11.7 Å². The van der Waals surface area contributed by atoms with Gasteiger partial charge in [-0.25, -0.2) is 4.79 Å². The van der Waals surface area contributed by atoms with Crippen LogP contribution >= 0.6 is 0 Å². The van der Waals surface area contributed by atoms with Gasteiger partial charge in [-0.15, -0.1) is 0 Å². The van der Waals surface area contributed by atoms with Crippen molar-refractivity contribution in [1.29, 1.82) is 0 Å². The van der Waals surface area contributed by atoms with E-state index >= 15 is 0 Å². The van der Waals surface area contributed by atoms with Crippen molar-refractivity contribution in [3.63, 3.8) is 0 Å². The molecule has 0 N–H and O–H groups in total. The molecule has 0 amide bonds. The Morgan fingerprint density at radius 3 is 1.50 bits per heavy atom. The molecule has 0 aromatic heterocycles. The maximum Gasteiger partial charge on any atom is 0.499 e. The van der Waals surface area contributed by atoms with Crippen LogP contribution in [-0.2, 0) is 0 Å². The Hall–Kier alpha value is -3.79. The van der Waals surface area contributed by atoms with Gasteiger partial charge in [-0.3, -0.25) is 10.1 Å². The molecule has 2 rings (SSSR count). The number of nitro groups is 1. The van der Waals surface area contributed by atoms with E-state index in [1.807, 2.05) is 0 Å². The molecule has 0 saturated heterocycles. The van der Waals surface area contributed by atoms with E-state index in [0.717, 1.165) is 12.1 Å². The molecule has 0 bridgehead atoms. The second-order valence-corrected chi connectivity index (χ2v) is 6.01. The Kier molecular flexibility index (Phi) is 6.90. The summed E-state index contributed by atoms with van der Waals surface area (Å²) in [6.45, 7) is 0. The topological polar surface area (TPSA) is 87.9 Å². The first-order valence-corrected chi connectivity index (χ1v) is 8.22. The predicted molar refractivity (Wildman–Crippen MR) is 87.8 cm³/mol. The maximum atomic E-state index is 13.3. The van der Waals surface area contributed by atoms with Crippen molar-refractivity contribution in [3.05, 3.63) is 58.1 Å². The fourth-order valence-corrected chi connectivity index (χ4v) is 2.02. The van der Waals surface area contributed by atoms with Crippen molar-refractivity contribution < 1.29 is 67.8 Å². The molecule has 0 saturated carbocycles. The van der Waals surface area contributed by atoms with Gasteiger partial charge in [0.15, 0.2) is 11.5 Å². The van der Waals surface area contributed by atoms with Crippen molar-refractivity contribution in [3.8, 4) is 17.2 Å². The molecule has 0 spiro atoms. The normalized spacial score (nSPS) is 12.8. The Balaban J connectivity index is 2.54. The molecular formula is C17H7F10NO6. The average molecular weight is 511 g/mol. The molecule has 2 aromatic carbocycles. The molecule has 0 aliphatic carbocycles. The monoisotopic (exact) mass is 511 g/mol. The first kappa shape index (κ1) is 26.5. The fraction of sp³-hybridized carbons (Fsp3) is 0.235. The highest BCUT2D eigenvalue weighted by Crippen LogP contribution is 2.47. The lowest BCUT2D eigenvalue weighted by atomic mass is 10.2. The van der Waals surface area contributed by atoms with Gasteiger partial charge in [0.1, 0.15) is 0 Å². The van der Waals surface area contributed by atoms with Crippen molar-refractivity contribution in [2.45, 2.75) is 24.6 Å². The molecular weight excluding hydrogens is 504 g/mol. The van der Waals surface area contributed by atoms with Crippen molar-refractivity contribution in [1.82, 2.24) is 0 Å². The molecule has 0 aliphatic heterocycles. The molecule has 2 aromatic rings. The third kappa shape index (κ3) is 5.76. The van der Waals surface area contributed by atoms with Crippen LogP contribution in [0.25, 0.3) is 0 Å². The number of alkyl halides is 10. The highest BCUT2D eigenvalue weighted by Gasteiger charge is 2.63. The number of carbonyl (C=O) groups is 1. The molecule has 0 heterocycles. The van der Waals surface area contributed by atoms with Crippen LogP contribution in [0.1, 0.15) is 10.4 Å². The van der Waals surface area contributed by atoms with E-state index in [0.29, 0.717) is 18.2 Å². The quantitative estimate of drug-likeness (QED) is 0.152. The summed E-state index contributed by atoms with van der Waals surface area (Å²) >= 11 is 0. The van der Waals surface area contributed by atoms with E-state index in [2.05, 4.69) is 14.2 Å². The van der Waals surface area contributed by atoms with Gasteiger partial charge in [0.05, 0.1) is 10.5 Å². The Morgan fingerprint density at radius 1 is 0.735 bits per heavy atom. The number of hydrogen-bond donors (Lipinski definition) is 0. The van der Waals surface area contributed by atoms with Crippen LogP contribution in [0.5, 0.6) is 17.2 Å². The molecule has 7 nitrogen and oxygen atoms in total. The number of para-hydroxylation sites is 1. The van der Waals surface area contributed by atoms with Gasteiger partial charge in [-0.05, 0) is 24.3 Å². The molecule has 17 heteroatoms. The lowest BCUT2D eigenvalue weighted by molar-refractivity contribution is -0.384. The second-order valence-electron chi connectivity index (χ2n) is 6.01. The van der Waals surface area contributed by atoms with Crippen LogP contribution < -0.4 is 14.2 Å². The number of ether oxygens (including phenoxy) is 3. The zero-order valence-corrected chi connectivity index (χ0v) is 15.7. The van der Waals surface area contributed by atoms with Gasteiger partial charge < -0.3 is 14.2 Å². The molecule has 0 fully saturated rings. The van der Waals surface area contributed by atoms with Crippen molar-refractivity contribution in [2.24, 2.45) is 0 Å². The highest BCUT2D eigenvalue weighted by molar-refractivity contribution is 5.92. The number of rotatable bonds is 7. The smallest absolute Gasteiger partial charge is 0.422 e. The number of benzene rings is 2. The van der Waals surface area contributed by atoms with Gasteiger partial charge >= 0.3 is 30.5 Å². The number of hydrogen-bond acceptors (Lipinski definition) is 6. The molecule has 0 aliphatic rings. The summed E-state index contributed by atoms with van der Waals surface area (Å²) in [5.74, 6) is -7.11. The molecule has 34 heavy (non-hydrogen) atoms. The molecule has 0 atom stereocenters. The Bertz CT molecular complexity index is 1020. The van der Waals surface area contributed by atoms with Crippen LogP contribution in [0.15, 0.2) is 42.5 Å². The van der Waals surface area contributed by atoms with E-state index in [4.69, 9.17) is 0 Å². The van der Waals surface area contributed by atoms with Gasteiger partial charge in [-0.2, -0.15) is 43.9 Å². The number of non-ortho nitro benzene ring substituents is 1. The Morgan fingerprint density at radius 2 is 1.15 bits per heavy atom. The number of esters is 1. The minimum absolute atomic E-state index is 0.233. The number of nitrogens with zero attached hydrogens (tertiary/aromatic N) is 1. The van der Waals surface area contributed by atoms with Crippen LogP contribution in [0.4, 0.5) is 49.6 Å². The summed E-state index contributed by atoms with van der Waals surface area (Å²) in [7, 11) is 0. The maximum absolute atomic E-state index is 13.3. The third-order valence-corrected chi connectivity index (χ3v) is 3.59. The van der Waals surface area contributed by atoms with E-state index in [1.165, 1.54) is 0 Å². The lowest BCUT2D eigenvalue weighted by Gasteiger charge is -2.24. The fourth-order valence-electron chi connectivity index (χ4n) is 2.02. The van der Waals surface area contributed by atoms with Gasteiger partial charge in [-0.1, -0.05) is 6.07 Å². The van der Waals surface area contributed by atoms with E-state index in [-0.39, 0.29) is 12.1 Å². The first-order chi connectivity index (χ1) is 15.4. The van der Waals surface area contributed by atoms with Crippen molar-refractivity contribution in [2.75, 3.05) is 0 Å². The molecule has 0 radical (unpaired) electrons. The molecule has 186 valence electrons.